The predicted molar refractivity (Wildman–Crippen MR) is 72.7 cm³/mol. The highest BCUT2D eigenvalue weighted by atomic mass is 32.2. The van der Waals surface area contributed by atoms with Crippen LogP contribution in [0.1, 0.15) is 10.4 Å². The Morgan fingerprint density at radius 3 is 2.85 bits per heavy atom. The van der Waals surface area contributed by atoms with E-state index in [1.165, 1.54) is 42.4 Å². The highest BCUT2D eigenvalue weighted by Gasteiger charge is 2.16. The number of sulfone groups is 1. The molecule has 0 spiro atoms. The zero-order valence-electron chi connectivity index (χ0n) is 10.2. The topological polar surface area (TPSA) is 97.5 Å². The van der Waals surface area contributed by atoms with E-state index in [9.17, 15) is 13.2 Å². The summed E-state index contributed by atoms with van der Waals surface area (Å²) in [6, 6.07) is 5.31. The smallest absolute Gasteiger partial charge is 0.335 e. The minimum atomic E-state index is -3.52. The number of aromatic nitrogens is 1. The Hall–Kier alpha value is -1.80. The largest absolute Gasteiger partial charge is 0.478 e. The van der Waals surface area contributed by atoms with Gasteiger partial charge in [-0.2, -0.15) is 0 Å². The molecular weight excluding hydrogens is 302 g/mol. The number of hydrogen-bond donors (Lipinski definition) is 1. The van der Waals surface area contributed by atoms with Crippen LogP contribution >= 0.6 is 11.8 Å². The molecule has 0 aliphatic carbocycles. The number of rotatable bonds is 6. The van der Waals surface area contributed by atoms with Crippen LogP contribution in [0.4, 0.5) is 0 Å². The van der Waals surface area contributed by atoms with Crippen molar-refractivity contribution >= 4 is 27.6 Å². The van der Waals surface area contributed by atoms with Crippen LogP contribution in [0.2, 0.25) is 0 Å². The molecule has 0 bridgehead atoms. The van der Waals surface area contributed by atoms with Crippen LogP contribution in [0.25, 0.3) is 0 Å². The second kappa shape index (κ2) is 6.10. The second-order valence-electron chi connectivity index (χ2n) is 3.80. The molecular formula is C12H11NO5S2. The molecule has 8 heteroatoms. The molecule has 0 aliphatic rings. The van der Waals surface area contributed by atoms with Gasteiger partial charge in [0.2, 0.25) is 0 Å². The molecule has 1 heterocycles. The van der Waals surface area contributed by atoms with E-state index in [0.29, 0.717) is 5.22 Å². The first-order chi connectivity index (χ1) is 9.49. The Kier molecular flexibility index (Phi) is 4.46. The Balaban J connectivity index is 2.06. The Morgan fingerprint density at radius 2 is 2.20 bits per heavy atom. The van der Waals surface area contributed by atoms with Crippen LogP contribution in [0.15, 0.2) is 51.3 Å². The Labute approximate surface area is 119 Å². The van der Waals surface area contributed by atoms with Crippen LogP contribution in [-0.4, -0.2) is 36.0 Å². The Bertz CT molecular complexity index is 694. The average Bonchev–Trinajstić information content (AvgIpc) is 2.92. The molecule has 2 rings (SSSR count). The first-order valence-corrected chi connectivity index (χ1v) is 8.21. The predicted octanol–water partition coefficient (Wildman–Crippen LogP) is 1.94. The summed E-state index contributed by atoms with van der Waals surface area (Å²) in [5.74, 6) is -1.00. The van der Waals surface area contributed by atoms with Crippen molar-refractivity contribution in [1.82, 2.24) is 4.98 Å². The standard InChI is InChI=1S/C12H11NO5S2/c14-11(15)9-2-1-3-10(8-9)20(16,17)7-6-19-12-13-4-5-18-12/h1-5,8H,6-7H2,(H,14,15). The lowest BCUT2D eigenvalue weighted by molar-refractivity contribution is 0.0696. The van der Waals surface area contributed by atoms with Crippen molar-refractivity contribution < 1.29 is 22.7 Å². The van der Waals surface area contributed by atoms with Crippen LogP contribution in [-0.2, 0) is 9.84 Å². The summed E-state index contributed by atoms with van der Waals surface area (Å²) < 4.78 is 29.1. The van der Waals surface area contributed by atoms with E-state index < -0.39 is 15.8 Å². The van der Waals surface area contributed by atoms with Gasteiger partial charge >= 0.3 is 5.97 Å². The summed E-state index contributed by atoms with van der Waals surface area (Å²) in [6.07, 6.45) is 2.89. The number of carbonyl (C=O) groups is 1. The molecule has 0 atom stereocenters. The number of thioether (sulfide) groups is 1. The van der Waals surface area contributed by atoms with Gasteiger partial charge in [-0.15, -0.1) is 0 Å². The molecule has 6 nitrogen and oxygen atoms in total. The number of benzene rings is 1. The average molecular weight is 313 g/mol. The van der Waals surface area contributed by atoms with E-state index in [4.69, 9.17) is 9.52 Å². The van der Waals surface area contributed by atoms with E-state index in [0.717, 1.165) is 6.07 Å². The lowest BCUT2D eigenvalue weighted by Crippen LogP contribution is -2.10. The van der Waals surface area contributed by atoms with Crippen LogP contribution in [0.3, 0.4) is 0 Å². The summed E-state index contributed by atoms with van der Waals surface area (Å²) in [7, 11) is -3.52. The molecule has 0 fully saturated rings. The third kappa shape index (κ3) is 3.61. The van der Waals surface area contributed by atoms with E-state index >= 15 is 0 Å². The molecule has 0 aliphatic heterocycles. The molecule has 1 N–H and O–H groups in total. The van der Waals surface area contributed by atoms with Gasteiger partial charge in [-0.25, -0.2) is 18.2 Å². The molecule has 0 saturated heterocycles. The summed E-state index contributed by atoms with van der Waals surface area (Å²) >= 11 is 1.19. The zero-order valence-corrected chi connectivity index (χ0v) is 11.9. The van der Waals surface area contributed by atoms with E-state index in [2.05, 4.69) is 4.98 Å². The minimum absolute atomic E-state index is 0.00500. The molecule has 1 aromatic heterocycles. The maximum atomic E-state index is 12.1. The van der Waals surface area contributed by atoms with Crippen molar-refractivity contribution in [3.05, 3.63) is 42.3 Å². The minimum Gasteiger partial charge on any atom is -0.478 e. The van der Waals surface area contributed by atoms with E-state index in [-0.39, 0.29) is 22.0 Å². The summed E-state index contributed by atoms with van der Waals surface area (Å²) in [5.41, 5.74) is -0.0496. The fourth-order valence-corrected chi connectivity index (χ4v) is 3.93. The molecule has 0 unspecified atom stereocenters. The summed E-state index contributed by atoms with van der Waals surface area (Å²) in [6.45, 7) is 0. The number of carboxylic acid groups (broad SMARTS) is 1. The lowest BCUT2D eigenvalue weighted by Gasteiger charge is -2.04. The van der Waals surface area contributed by atoms with Crippen molar-refractivity contribution in [2.75, 3.05) is 11.5 Å². The quantitative estimate of drug-likeness (QED) is 0.814. The molecule has 1 aromatic carbocycles. The highest BCUT2D eigenvalue weighted by Crippen LogP contribution is 2.18. The van der Waals surface area contributed by atoms with Gasteiger partial charge in [0, 0.05) is 5.75 Å². The normalized spacial score (nSPS) is 11.4. The van der Waals surface area contributed by atoms with Gasteiger partial charge in [-0.1, -0.05) is 17.8 Å². The SMILES string of the molecule is O=C(O)c1cccc(S(=O)(=O)CCSc2ncco2)c1. The van der Waals surface area contributed by atoms with Gasteiger partial charge in [0.15, 0.2) is 9.84 Å². The molecule has 106 valence electrons. The van der Waals surface area contributed by atoms with Gasteiger partial charge in [-0.3, -0.25) is 0 Å². The van der Waals surface area contributed by atoms with E-state index in [1.807, 2.05) is 0 Å². The summed E-state index contributed by atoms with van der Waals surface area (Å²) in [4.78, 5) is 14.7. The third-order valence-corrected chi connectivity index (χ3v) is 5.26. The van der Waals surface area contributed by atoms with Crippen molar-refractivity contribution in [2.45, 2.75) is 10.1 Å². The Morgan fingerprint density at radius 1 is 1.40 bits per heavy atom. The van der Waals surface area contributed by atoms with Gasteiger partial charge in [0.1, 0.15) is 6.26 Å². The number of aromatic carboxylic acids is 1. The van der Waals surface area contributed by atoms with Crippen LogP contribution in [0.5, 0.6) is 0 Å². The van der Waals surface area contributed by atoms with Gasteiger partial charge in [0.05, 0.1) is 22.4 Å². The maximum Gasteiger partial charge on any atom is 0.335 e. The number of nitrogens with zero attached hydrogens (tertiary/aromatic N) is 1. The number of carboxylic acids is 1. The van der Waals surface area contributed by atoms with Gasteiger partial charge in [-0.05, 0) is 18.2 Å². The first kappa shape index (κ1) is 14.6. The summed E-state index contributed by atoms with van der Waals surface area (Å²) in [5, 5.41) is 9.26. The van der Waals surface area contributed by atoms with E-state index in [1.54, 1.807) is 0 Å². The first-order valence-electron chi connectivity index (χ1n) is 5.57. The van der Waals surface area contributed by atoms with Gasteiger partial charge in [0.25, 0.3) is 5.22 Å². The van der Waals surface area contributed by atoms with Crippen molar-refractivity contribution in [3.8, 4) is 0 Å². The van der Waals surface area contributed by atoms with Gasteiger partial charge < -0.3 is 9.52 Å². The monoisotopic (exact) mass is 313 g/mol. The number of hydrogen-bond acceptors (Lipinski definition) is 6. The highest BCUT2D eigenvalue weighted by molar-refractivity contribution is 8.00. The molecule has 0 saturated carbocycles. The molecule has 0 amide bonds. The zero-order chi connectivity index (χ0) is 14.6. The fraction of sp³-hybridized carbons (Fsp3) is 0.167. The number of oxazole rings is 1. The van der Waals surface area contributed by atoms with Crippen molar-refractivity contribution in [1.29, 1.82) is 0 Å². The second-order valence-corrected chi connectivity index (χ2v) is 6.95. The van der Waals surface area contributed by atoms with Crippen LogP contribution in [0, 0.1) is 0 Å². The van der Waals surface area contributed by atoms with Crippen LogP contribution < -0.4 is 0 Å². The van der Waals surface area contributed by atoms with Crippen molar-refractivity contribution in [3.63, 3.8) is 0 Å². The molecule has 20 heavy (non-hydrogen) atoms. The third-order valence-electron chi connectivity index (χ3n) is 2.43. The molecule has 2 aromatic rings. The lowest BCUT2D eigenvalue weighted by atomic mass is 10.2. The molecule has 0 radical (unpaired) electrons. The van der Waals surface area contributed by atoms with Crippen molar-refractivity contribution in [2.24, 2.45) is 0 Å². The maximum absolute atomic E-state index is 12.1. The fourth-order valence-electron chi connectivity index (χ4n) is 1.46.